The molecule has 2 N–H and O–H groups in total. The average Bonchev–Trinajstić information content (AvgIpc) is 2.90. The highest BCUT2D eigenvalue weighted by molar-refractivity contribution is 7.90. The van der Waals surface area contributed by atoms with E-state index in [1.807, 2.05) is 4.72 Å². The van der Waals surface area contributed by atoms with Crippen molar-refractivity contribution in [2.45, 2.75) is 18.7 Å². The molecule has 0 aliphatic rings. The van der Waals surface area contributed by atoms with Crippen molar-refractivity contribution in [2.24, 2.45) is 0 Å². The van der Waals surface area contributed by atoms with E-state index in [2.05, 4.69) is 10.3 Å². The van der Waals surface area contributed by atoms with Crippen molar-refractivity contribution in [1.29, 1.82) is 0 Å². The number of anilines is 1. The molecular formula is C17H14Cl2N4O4S. The Morgan fingerprint density at radius 2 is 1.79 bits per heavy atom. The van der Waals surface area contributed by atoms with Crippen molar-refractivity contribution in [3.63, 3.8) is 0 Å². The predicted molar refractivity (Wildman–Crippen MR) is 105 cm³/mol. The van der Waals surface area contributed by atoms with Gasteiger partial charge in [-0.2, -0.15) is 0 Å². The second kappa shape index (κ2) is 7.42. The van der Waals surface area contributed by atoms with Gasteiger partial charge < -0.3 is 5.32 Å². The Morgan fingerprint density at radius 3 is 2.39 bits per heavy atom. The maximum absolute atomic E-state index is 12.7. The van der Waals surface area contributed by atoms with E-state index < -0.39 is 21.8 Å². The van der Waals surface area contributed by atoms with Gasteiger partial charge in [0, 0.05) is 18.8 Å². The maximum atomic E-state index is 12.7. The molecule has 2 aromatic heterocycles. The van der Waals surface area contributed by atoms with Crippen LogP contribution in [0.2, 0.25) is 10.0 Å². The number of pyridine rings is 1. The molecule has 3 rings (SSSR count). The molecule has 8 nitrogen and oxygen atoms in total. The van der Waals surface area contributed by atoms with Gasteiger partial charge in [0.25, 0.3) is 15.9 Å². The van der Waals surface area contributed by atoms with Gasteiger partial charge in [-0.05, 0) is 37.3 Å². The van der Waals surface area contributed by atoms with Crippen LogP contribution in [0.3, 0.4) is 0 Å². The number of aryl methyl sites for hydroxylation is 1. The van der Waals surface area contributed by atoms with Crippen molar-refractivity contribution in [3.05, 3.63) is 58.0 Å². The summed E-state index contributed by atoms with van der Waals surface area (Å²) < 4.78 is 27.3. The first-order valence-electron chi connectivity index (χ1n) is 7.87. The Kier molecular flexibility index (Phi) is 5.33. The number of imidazole rings is 1. The number of aromatic nitrogens is 2. The molecule has 0 spiro atoms. The van der Waals surface area contributed by atoms with E-state index in [0.29, 0.717) is 27.1 Å². The molecule has 28 heavy (non-hydrogen) atoms. The van der Waals surface area contributed by atoms with Crippen molar-refractivity contribution in [2.75, 3.05) is 5.32 Å². The molecule has 0 saturated heterocycles. The molecule has 0 saturated carbocycles. The van der Waals surface area contributed by atoms with Crippen molar-refractivity contribution in [3.8, 4) is 0 Å². The largest absolute Gasteiger partial charge is 0.321 e. The average molecular weight is 441 g/mol. The lowest BCUT2D eigenvalue weighted by Gasteiger charge is -2.08. The number of fused-ring (bicyclic) bond motifs is 1. The molecule has 1 aromatic carbocycles. The van der Waals surface area contributed by atoms with Gasteiger partial charge in [0.15, 0.2) is 5.65 Å². The summed E-state index contributed by atoms with van der Waals surface area (Å²) >= 11 is 12.1. The molecule has 0 atom stereocenters. The first-order valence-corrected chi connectivity index (χ1v) is 10.1. The summed E-state index contributed by atoms with van der Waals surface area (Å²) in [7, 11) is -3.95. The van der Waals surface area contributed by atoms with E-state index in [1.54, 1.807) is 6.92 Å². The normalized spacial score (nSPS) is 11.4. The van der Waals surface area contributed by atoms with Crippen LogP contribution in [0.1, 0.15) is 23.1 Å². The quantitative estimate of drug-likeness (QED) is 0.647. The molecule has 2 heterocycles. The second-order valence-corrected chi connectivity index (χ2v) is 8.41. The maximum Gasteiger partial charge on any atom is 0.274 e. The number of carbonyl (C=O) groups excluding carboxylic acids is 2. The Balaban J connectivity index is 1.89. The fourth-order valence-electron chi connectivity index (χ4n) is 2.62. The fraction of sp³-hybridized carbons (Fsp3) is 0.118. The molecule has 2 amide bonds. The Labute approximate surface area is 170 Å². The summed E-state index contributed by atoms with van der Waals surface area (Å²) in [6.45, 7) is 2.76. The fourth-order valence-corrected chi connectivity index (χ4v) is 4.12. The van der Waals surface area contributed by atoms with Gasteiger partial charge >= 0.3 is 0 Å². The summed E-state index contributed by atoms with van der Waals surface area (Å²) in [5.41, 5.74) is 1.44. The number of halogens is 2. The van der Waals surface area contributed by atoms with E-state index in [-0.39, 0.29) is 10.6 Å². The van der Waals surface area contributed by atoms with Crippen LogP contribution in [0.4, 0.5) is 5.69 Å². The minimum absolute atomic E-state index is 0.106. The molecule has 0 bridgehead atoms. The molecular weight excluding hydrogens is 427 g/mol. The highest BCUT2D eigenvalue weighted by Gasteiger charge is 2.20. The Hall–Kier alpha value is -2.62. The number of amides is 2. The molecule has 0 radical (unpaired) electrons. The van der Waals surface area contributed by atoms with E-state index in [1.165, 1.54) is 40.9 Å². The van der Waals surface area contributed by atoms with E-state index in [9.17, 15) is 18.0 Å². The lowest BCUT2D eigenvalue weighted by Crippen LogP contribution is -2.28. The van der Waals surface area contributed by atoms with Gasteiger partial charge in [-0.1, -0.05) is 23.2 Å². The molecule has 0 unspecified atom stereocenters. The van der Waals surface area contributed by atoms with Gasteiger partial charge in [-0.25, -0.2) is 18.1 Å². The topological polar surface area (TPSA) is 110 Å². The summed E-state index contributed by atoms with van der Waals surface area (Å²) in [5.74, 6) is -1.17. The molecule has 0 fully saturated rings. The van der Waals surface area contributed by atoms with Crippen LogP contribution in [-0.4, -0.2) is 29.6 Å². The Bertz CT molecular complexity index is 1200. The van der Waals surface area contributed by atoms with Crippen LogP contribution in [0.5, 0.6) is 0 Å². The summed E-state index contributed by atoms with van der Waals surface area (Å²) in [6, 6.07) is 6.89. The predicted octanol–water partition coefficient (Wildman–Crippen LogP) is 3.03. The monoisotopic (exact) mass is 440 g/mol. The van der Waals surface area contributed by atoms with Crippen LogP contribution in [0.25, 0.3) is 5.65 Å². The zero-order valence-electron chi connectivity index (χ0n) is 14.7. The Morgan fingerprint density at radius 1 is 1.14 bits per heavy atom. The van der Waals surface area contributed by atoms with Crippen molar-refractivity contribution < 1.29 is 18.0 Å². The second-order valence-electron chi connectivity index (χ2n) is 5.89. The van der Waals surface area contributed by atoms with E-state index >= 15 is 0 Å². The number of nitrogens with zero attached hydrogens (tertiary/aromatic N) is 2. The van der Waals surface area contributed by atoms with Gasteiger partial charge in [-0.3, -0.25) is 14.0 Å². The smallest absolute Gasteiger partial charge is 0.274 e. The van der Waals surface area contributed by atoms with Gasteiger partial charge in [-0.15, -0.1) is 0 Å². The molecule has 11 heteroatoms. The minimum atomic E-state index is -3.95. The summed E-state index contributed by atoms with van der Waals surface area (Å²) in [6.07, 6.45) is 1.53. The lowest BCUT2D eigenvalue weighted by molar-refractivity contribution is -0.117. The standard InChI is InChI=1S/C17H14Cl2N4O4S/c1-9-15(23-8-11(18)7-14(19)16(23)20-9)17(25)21-12-3-5-13(6-4-12)28(26,27)22-10(2)24/h3-8H,1-2H3,(H,21,25)(H,22,24). The third-order valence-electron chi connectivity index (χ3n) is 3.73. The third-order valence-corrected chi connectivity index (χ3v) is 5.67. The SMILES string of the molecule is CC(=O)NS(=O)(=O)c1ccc(NC(=O)c2c(C)nc3c(Cl)cc(Cl)cn23)cc1. The zero-order valence-corrected chi connectivity index (χ0v) is 17.0. The summed E-state index contributed by atoms with van der Waals surface area (Å²) in [4.78, 5) is 27.9. The number of nitrogens with one attached hydrogen (secondary N) is 2. The van der Waals surface area contributed by atoms with Crippen molar-refractivity contribution >= 4 is 56.4 Å². The van der Waals surface area contributed by atoms with E-state index in [0.717, 1.165) is 6.92 Å². The van der Waals surface area contributed by atoms with Gasteiger partial charge in [0.2, 0.25) is 5.91 Å². The van der Waals surface area contributed by atoms with Crippen LogP contribution in [0, 0.1) is 6.92 Å². The highest BCUT2D eigenvalue weighted by atomic mass is 35.5. The molecule has 0 aliphatic heterocycles. The first-order chi connectivity index (χ1) is 13.1. The number of benzene rings is 1. The first kappa shape index (κ1) is 20.1. The van der Waals surface area contributed by atoms with Crippen LogP contribution >= 0.6 is 23.2 Å². The van der Waals surface area contributed by atoms with Gasteiger partial charge in [0.1, 0.15) is 5.69 Å². The number of carbonyl (C=O) groups is 2. The van der Waals surface area contributed by atoms with Gasteiger partial charge in [0.05, 0.1) is 20.6 Å². The minimum Gasteiger partial charge on any atom is -0.321 e. The number of rotatable bonds is 4. The molecule has 146 valence electrons. The van der Waals surface area contributed by atoms with E-state index in [4.69, 9.17) is 23.2 Å². The number of hydrogen-bond donors (Lipinski definition) is 2. The lowest BCUT2D eigenvalue weighted by atomic mass is 10.3. The number of sulfonamides is 1. The zero-order chi connectivity index (χ0) is 20.6. The molecule has 3 aromatic rings. The van der Waals surface area contributed by atoms with Crippen molar-refractivity contribution in [1.82, 2.24) is 14.1 Å². The summed E-state index contributed by atoms with van der Waals surface area (Å²) in [5, 5.41) is 3.32. The highest BCUT2D eigenvalue weighted by Crippen LogP contribution is 2.25. The third kappa shape index (κ3) is 3.96. The molecule has 0 aliphatic carbocycles. The van der Waals surface area contributed by atoms with Crippen LogP contribution in [0.15, 0.2) is 41.4 Å². The van der Waals surface area contributed by atoms with Crippen LogP contribution in [-0.2, 0) is 14.8 Å². The van der Waals surface area contributed by atoms with Crippen LogP contribution < -0.4 is 10.0 Å². The number of hydrogen-bond acceptors (Lipinski definition) is 5.